The van der Waals surface area contributed by atoms with E-state index in [2.05, 4.69) is 18.3 Å². The molecule has 1 aromatic carbocycles. The van der Waals surface area contributed by atoms with Gasteiger partial charge in [-0.3, -0.25) is 0 Å². The molecule has 17 heavy (non-hydrogen) atoms. The number of nitrogens with two attached hydrogens (primary N) is 1. The van der Waals surface area contributed by atoms with Crippen molar-refractivity contribution >= 4 is 5.69 Å². The molecule has 1 unspecified atom stereocenters. The van der Waals surface area contributed by atoms with Crippen LogP contribution in [0.4, 0.5) is 5.69 Å². The summed E-state index contributed by atoms with van der Waals surface area (Å²) >= 11 is 0. The van der Waals surface area contributed by atoms with Crippen LogP contribution in [0.1, 0.15) is 31.7 Å². The summed E-state index contributed by atoms with van der Waals surface area (Å²) in [4.78, 5) is 0. The van der Waals surface area contributed by atoms with Crippen molar-refractivity contribution in [2.45, 2.75) is 38.6 Å². The van der Waals surface area contributed by atoms with Gasteiger partial charge in [0.05, 0.1) is 0 Å². The third-order valence-electron chi connectivity index (χ3n) is 2.82. The molecule has 0 aromatic heterocycles. The fourth-order valence-electron chi connectivity index (χ4n) is 1.78. The molecule has 0 bridgehead atoms. The average molecular weight is 236 g/mol. The van der Waals surface area contributed by atoms with Crippen molar-refractivity contribution in [3.8, 4) is 0 Å². The molecule has 0 saturated heterocycles. The Morgan fingerprint density at radius 1 is 1.41 bits per heavy atom. The highest BCUT2D eigenvalue weighted by Crippen LogP contribution is 2.11. The van der Waals surface area contributed by atoms with Crippen molar-refractivity contribution in [2.24, 2.45) is 5.73 Å². The number of benzene rings is 1. The molecule has 4 N–H and O–H groups in total. The summed E-state index contributed by atoms with van der Waals surface area (Å²) in [6.45, 7) is 3.18. The van der Waals surface area contributed by atoms with Crippen LogP contribution in [0.25, 0.3) is 0 Å². The minimum absolute atomic E-state index is 0.194. The predicted octanol–water partition coefficient (Wildman–Crippen LogP) is 2.15. The summed E-state index contributed by atoms with van der Waals surface area (Å²) < 4.78 is 0. The minimum atomic E-state index is 0.194. The van der Waals surface area contributed by atoms with E-state index in [-0.39, 0.29) is 12.6 Å². The third kappa shape index (κ3) is 5.71. The largest absolute Gasteiger partial charge is 0.396 e. The lowest BCUT2D eigenvalue weighted by Crippen LogP contribution is -2.28. The molecule has 0 spiro atoms. The number of nitrogens with one attached hydrogen (secondary N) is 1. The van der Waals surface area contributed by atoms with Crippen LogP contribution in [0.5, 0.6) is 0 Å². The Kier molecular flexibility index (Phi) is 6.67. The molecular weight excluding hydrogens is 212 g/mol. The fraction of sp³-hybridized carbons (Fsp3) is 0.571. The van der Waals surface area contributed by atoms with Crippen LogP contribution < -0.4 is 11.1 Å². The molecule has 1 atom stereocenters. The molecule has 0 fully saturated rings. The van der Waals surface area contributed by atoms with Crippen LogP contribution in [0.2, 0.25) is 0 Å². The van der Waals surface area contributed by atoms with Crippen molar-refractivity contribution in [3.63, 3.8) is 0 Å². The van der Waals surface area contributed by atoms with E-state index in [1.165, 1.54) is 12.8 Å². The van der Waals surface area contributed by atoms with Crippen LogP contribution in [-0.2, 0) is 6.42 Å². The van der Waals surface area contributed by atoms with E-state index in [1.54, 1.807) is 0 Å². The molecule has 3 heteroatoms. The van der Waals surface area contributed by atoms with Crippen LogP contribution in [0.3, 0.4) is 0 Å². The molecule has 1 rings (SSSR count). The quantitative estimate of drug-likeness (QED) is 0.648. The second-order valence-electron chi connectivity index (χ2n) is 4.46. The third-order valence-corrected chi connectivity index (χ3v) is 2.82. The zero-order valence-corrected chi connectivity index (χ0v) is 10.7. The number of aliphatic hydroxyl groups excluding tert-OH is 1. The topological polar surface area (TPSA) is 58.3 Å². The lowest BCUT2D eigenvalue weighted by molar-refractivity contribution is 0.299. The molecule has 96 valence electrons. The summed E-state index contributed by atoms with van der Waals surface area (Å²) in [5.41, 5.74) is 8.24. The van der Waals surface area contributed by atoms with Gasteiger partial charge >= 0.3 is 0 Å². The summed E-state index contributed by atoms with van der Waals surface area (Å²) in [7, 11) is 0. The first-order chi connectivity index (χ1) is 8.26. The number of hydrogen-bond donors (Lipinski definition) is 3. The van der Waals surface area contributed by atoms with Gasteiger partial charge < -0.3 is 16.2 Å². The number of rotatable bonds is 8. The Morgan fingerprint density at radius 2 is 2.24 bits per heavy atom. The lowest BCUT2D eigenvalue weighted by Gasteiger charge is -2.13. The number of hydrogen-bond acceptors (Lipinski definition) is 3. The normalized spacial score (nSPS) is 12.4. The monoisotopic (exact) mass is 236 g/mol. The van der Waals surface area contributed by atoms with Gasteiger partial charge in [-0.15, -0.1) is 0 Å². The van der Waals surface area contributed by atoms with Crippen molar-refractivity contribution in [2.75, 3.05) is 18.5 Å². The molecule has 0 aliphatic carbocycles. The van der Waals surface area contributed by atoms with Crippen molar-refractivity contribution < 1.29 is 5.11 Å². The van der Waals surface area contributed by atoms with Crippen molar-refractivity contribution in [1.29, 1.82) is 0 Å². The molecular formula is C14H24N2O. The highest BCUT2D eigenvalue weighted by molar-refractivity contribution is 5.45. The molecule has 1 aromatic rings. The lowest BCUT2D eigenvalue weighted by atomic mass is 10.1. The first kappa shape index (κ1) is 14.0. The van der Waals surface area contributed by atoms with Crippen molar-refractivity contribution in [3.05, 3.63) is 29.8 Å². The summed E-state index contributed by atoms with van der Waals surface area (Å²) in [5.74, 6) is 0. The molecule has 0 aliphatic rings. The zero-order chi connectivity index (χ0) is 12.5. The second-order valence-corrected chi connectivity index (χ2v) is 4.46. The Bertz CT molecular complexity index is 315. The maximum atomic E-state index is 8.89. The summed E-state index contributed by atoms with van der Waals surface area (Å²) in [6.07, 6.45) is 4.16. The van der Waals surface area contributed by atoms with Gasteiger partial charge in [-0.25, -0.2) is 0 Å². The second kappa shape index (κ2) is 8.09. The van der Waals surface area contributed by atoms with E-state index in [0.717, 1.165) is 24.2 Å². The average Bonchev–Trinajstić information content (AvgIpc) is 2.35. The van der Waals surface area contributed by atoms with E-state index in [1.807, 2.05) is 18.2 Å². The van der Waals surface area contributed by atoms with E-state index in [0.29, 0.717) is 6.42 Å². The first-order valence-electron chi connectivity index (χ1n) is 6.45. The summed E-state index contributed by atoms with van der Waals surface area (Å²) in [5, 5.41) is 12.2. The predicted molar refractivity (Wildman–Crippen MR) is 73.2 cm³/mol. The zero-order valence-electron chi connectivity index (χ0n) is 10.7. The molecule has 3 nitrogen and oxygen atoms in total. The highest BCUT2D eigenvalue weighted by atomic mass is 16.2. The molecule has 0 saturated carbocycles. The van der Waals surface area contributed by atoms with E-state index in [9.17, 15) is 0 Å². The molecule has 0 amide bonds. The van der Waals surface area contributed by atoms with Crippen LogP contribution in [0, 0.1) is 0 Å². The van der Waals surface area contributed by atoms with Crippen LogP contribution >= 0.6 is 0 Å². The first-order valence-corrected chi connectivity index (χ1v) is 6.45. The summed E-state index contributed by atoms with van der Waals surface area (Å²) in [6, 6.07) is 8.36. The Labute approximate surface area is 104 Å². The molecule has 0 heterocycles. The van der Waals surface area contributed by atoms with Gasteiger partial charge in [0.1, 0.15) is 0 Å². The fourth-order valence-corrected chi connectivity index (χ4v) is 1.78. The minimum Gasteiger partial charge on any atom is -0.396 e. The smallest absolute Gasteiger partial charge is 0.0471 e. The number of anilines is 1. The highest BCUT2D eigenvalue weighted by Gasteiger charge is 2.02. The molecule has 0 aliphatic heterocycles. The van der Waals surface area contributed by atoms with E-state index in [4.69, 9.17) is 10.8 Å². The van der Waals surface area contributed by atoms with Crippen LogP contribution in [0.15, 0.2) is 24.3 Å². The Morgan fingerprint density at radius 3 is 2.94 bits per heavy atom. The number of unbranched alkanes of at least 4 members (excludes halogenated alkanes) is 1. The van der Waals surface area contributed by atoms with E-state index < -0.39 is 0 Å². The van der Waals surface area contributed by atoms with Gasteiger partial charge in [0, 0.05) is 24.9 Å². The van der Waals surface area contributed by atoms with E-state index >= 15 is 0 Å². The Hall–Kier alpha value is -1.06. The molecule has 0 radical (unpaired) electrons. The van der Waals surface area contributed by atoms with Gasteiger partial charge in [-0.1, -0.05) is 31.9 Å². The van der Waals surface area contributed by atoms with Gasteiger partial charge in [0.2, 0.25) is 0 Å². The van der Waals surface area contributed by atoms with Gasteiger partial charge in [-0.2, -0.15) is 0 Å². The van der Waals surface area contributed by atoms with Gasteiger partial charge in [0.25, 0.3) is 0 Å². The standard InChI is InChI=1S/C14H24N2O/c1-2-3-6-13(15)11-16-14-7-4-5-12(10-14)8-9-17/h4-5,7,10,13,16-17H,2-3,6,8-9,11,15H2,1H3. The van der Waals surface area contributed by atoms with Crippen LogP contribution in [-0.4, -0.2) is 24.3 Å². The number of aliphatic hydroxyl groups is 1. The maximum absolute atomic E-state index is 8.89. The Balaban J connectivity index is 2.37. The SMILES string of the molecule is CCCCC(N)CNc1cccc(CCO)c1. The van der Waals surface area contributed by atoms with Gasteiger partial charge in [0.15, 0.2) is 0 Å². The van der Waals surface area contributed by atoms with Gasteiger partial charge in [-0.05, 0) is 30.5 Å². The van der Waals surface area contributed by atoms with Crippen molar-refractivity contribution in [1.82, 2.24) is 0 Å². The maximum Gasteiger partial charge on any atom is 0.0471 e.